The molecule has 5 heterocycles. The highest BCUT2D eigenvalue weighted by Gasteiger charge is 2.27. The zero-order valence-corrected chi connectivity index (χ0v) is 81.4. The average molecular weight is 1880 g/mol. The van der Waals surface area contributed by atoms with Gasteiger partial charge in [-0.05, 0) is 390 Å². The summed E-state index contributed by atoms with van der Waals surface area (Å²) in [5.41, 5.74) is 25.5. The van der Waals surface area contributed by atoms with Gasteiger partial charge in [0, 0.05) is 62.2 Å². The molecule has 0 unspecified atom stereocenters. The fraction of sp³-hybridized carbons (Fsp3) is 0.336. The highest BCUT2D eigenvalue weighted by Crippen LogP contribution is 2.40. The van der Waals surface area contributed by atoms with Gasteiger partial charge in [-0.1, -0.05) is 149 Å². The molecule has 0 radical (unpaired) electrons. The van der Waals surface area contributed by atoms with Crippen molar-refractivity contribution in [2.45, 2.75) is 132 Å². The number of ether oxygens (including phenoxy) is 5. The summed E-state index contributed by atoms with van der Waals surface area (Å²) in [6, 6.07) is 72.8. The molecular weight excluding hydrogens is 1750 g/mol. The van der Waals surface area contributed by atoms with E-state index < -0.39 is 6.09 Å². The van der Waals surface area contributed by atoms with Gasteiger partial charge in [0.25, 0.3) is 0 Å². The van der Waals surface area contributed by atoms with E-state index in [1.165, 1.54) is 82.2 Å². The number of benzene rings is 10. The Morgan fingerprint density at radius 2 is 0.486 bits per heavy atom. The SMILES string of the molecule is CC(C)OC(=O)N(C)c1ccc(C(=C2CCNCC2)c2cccc(F)c2)cc1.CCN(C(=O)OC(C)C)c1ccc(C(=C2CCNCC2)c2cccc(F)c2)cc1.CCN(C(=O)OC)c1ccc(C(=C2CCNCC2)c2cccc(F)c2)cc1.CCOC(=O)N(CC)c1ccc(C(=C2CCNCC2)c2cccc(F)c2)cc1.COC(=O)N(C)c1ccc(C(=C2CCNCC2)c2cccc(F)c2)cc1. The maximum Gasteiger partial charge on any atom is 0.414 e. The first-order valence-corrected chi connectivity index (χ1v) is 47.8. The Morgan fingerprint density at radius 1 is 0.275 bits per heavy atom. The lowest BCUT2D eigenvalue weighted by molar-refractivity contribution is 0.122. The molecule has 15 rings (SSSR count). The number of piperidine rings is 5. The molecule has 728 valence electrons. The van der Waals surface area contributed by atoms with Gasteiger partial charge in [0.2, 0.25) is 0 Å². The number of carbonyl (C=O) groups is 5. The lowest BCUT2D eigenvalue weighted by atomic mass is 9.88. The molecule has 0 saturated carbocycles. The van der Waals surface area contributed by atoms with Crippen molar-refractivity contribution in [3.8, 4) is 0 Å². The van der Waals surface area contributed by atoms with E-state index in [4.69, 9.17) is 23.7 Å². The van der Waals surface area contributed by atoms with Crippen LogP contribution in [-0.2, 0) is 23.7 Å². The number of hydrogen-bond donors (Lipinski definition) is 5. The first-order valence-electron chi connectivity index (χ1n) is 47.8. The van der Waals surface area contributed by atoms with Crippen LogP contribution in [0.1, 0.15) is 175 Å². The number of hydrogen-bond acceptors (Lipinski definition) is 15. The lowest BCUT2D eigenvalue weighted by Crippen LogP contribution is -2.32. The molecule has 5 aliphatic heterocycles. The molecule has 0 aliphatic carbocycles. The Balaban J connectivity index is 0.000000165. The summed E-state index contributed by atoms with van der Waals surface area (Å²) < 4.78 is 94.7. The highest BCUT2D eigenvalue weighted by molar-refractivity contribution is 5.94. The van der Waals surface area contributed by atoms with Gasteiger partial charge in [0.15, 0.2) is 0 Å². The standard InChI is InChI=1S/C24H29FN2O2.2C23H27FN2O2.C22H25FN2O2.C21H23FN2O2/c1-4-27(24(28)29-17(2)3)22-10-8-18(9-11-22)23(19-12-14-26-15-13-19)20-6-5-7-21(25)16-20;1-16(2)28-23(27)26(3)21-9-7-17(8-10-21)22(18-11-13-25-14-12-18)19-5-4-6-20(24)15-19;1-3-26(23(27)28-4-2)21-10-8-17(9-11-21)22(18-12-14-25-15-13-18)19-6-5-7-20(24)16-19;1-3-25(22(26)27-2)20-9-7-16(8-10-20)21(17-11-13-24-14-12-17)18-5-4-6-19(23)15-18;1-24(21(25)26-2)19-8-6-15(7-9-19)20(16-10-12-23-13-11-16)17-4-3-5-18(22)14-17/h5-11,16-17,26H,4,12-15H2,1-3H3;4-10,15-16,25H,11-14H2,1-3H3;5-11,16,25H,3-4,12-15H2,1-2H3;4-10,15,24H,3,11-14H2,1-2H3;3-9,14,23H,10-13H2,1-2H3. The van der Waals surface area contributed by atoms with Crippen molar-refractivity contribution in [1.29, 1.82) is 0 Å². The minimum absolute atomic E-state index is 0.167. The second kappa shape index (κ2) is 53.4. The predicted molar refractivity (Wildman–Crippen MR) is 546 cm³/mol. The zero-order chi connectivity index (χ0) is 98.6. The van der Waals surface area contributed by atoms with E-state index in [1.807, 2.05) is 200 Å². The van der Waals surface area contributed by atoms with Crippen molar-refractivity contribution < 1.29 is 69.6 Å². The molecule has 20 nitrogen and oxygen atoms in total. The molecule has 5 fully saturated rings. The molecule has 0 atom stereocenters. The monoisotopic (exact) mass is 1880 g/mol. The van der Waals surface area contributed by atoms with Crippen LogP contribution in [0, 0.1) is 29.1 Å². The van der Waals surface area contributed by atoms with Crippen molar-refractivity contribution >= 4 is 86.8 Å². The number of anilines is 5. The summed E-state index contributed by atoms with van der Waals surface area (Å²) in [4.78, 5) is 68.0. The number of nitrogens with zero attached hydrogens (tertiary/aromatic N) is 5. The summed E-state index contributed by atoms with van der Waals surface area (Å²) in [5.74, 6) is -1.19. The summed E-state index contributed by atoms with van der Waals surface area (Å²) in [5, 5.41) is 16.8. The predicted octanol–water partition coefficient (Wildman–Crippen LogP) is 24.2. The molecule has 5 saturated heterocycles. The first-order chi connectivity index (χ1) is 66.8. The van der Waals surface area contributed by atoms with Crippen molar-refractivity contribution in [2.75, 3.05) is 145 Å². The van der Waals surface area contributed by atoms with Crippen LogP contribution >= 0.6 is 0 Å². The van der Waals surface area contributed by atoms with Crippen molar-refractivity contribution in [2.24, 2.45) is 0 Å². The molecule has 0 aromatic heterocycles. The van der Waals surface area contributed by atoms with Crippen molar-refractivity contribution in [3.05, 3.63) is 355 Å². The molecule has 0 bridgehead atoms. The zero-order valence-electron chi connectivity index (χ0n) is 81.4. The van der Waals surface area contributed by atoms with Gasteiger partial charge in [-0.15, -0.1) is 0 Å². The molecule has 5 amide bonds. The minimum atomic E-state index is -0.417. The molecular formula is C113H131F5N10O10. The van der Waals surface area contributed by atoms with E-state index >= 15 is 0 Å². The Bertz CT molecular complexity index is 5840. The Labute approximate surface area is 810 Å². The quantitative estimate of drug-likeness (QED) is 0.0335. The summed E-state index contributed by atoms with van der Waals surface area (Å²) in [6.45, 7) is 26.1. The van der Waals surface area contributed by atoms with E-state index in [0.717, 1.165) is 242 Å². The molecule has 10 aromatic rings. The van der Waals surface area contributed by atoms with Gasteiger partial charge in [-0.3, -0.25) is 24.5 Å². The molecule has 5 N–H and O–H groups in total. The number of carbonyl (C=O) groups excluding carboxylic acids is 5. The normalized spacial score (nSPS) is 14.0. The van der Waals surface area contributed by atoms with E-state index in [0.29, 0.717) is 26.2 Å². The molecule has 138 heavy (non-hydrogen) atoms. The second-order valence-electron chi connectivity index (χ2n) is 34.3. The van der Waals surface area contributed by atoms with E-state index in [-0.39, 0.29) is 65.7 Å². The van der Waals surface area contributed by atoms with Crippen LogP contribution in [0.4, 0.5) is 74.4 Å². The van der Waals surface area contributed by atoms with E-state index in [1.54, 1.807) is 96.4 Å². The smallest absolute Gasteiger partial charge is 0.414 e. The number of halogens is 5. The average Bonchev–Trinajstić information content (AvgIpc) is 0.815. The summed E-state index contributed by atoms with van der Waals surface area (Å²) in [6.07, 6.45) is 7.19. The van der Waals surface area contributed by atoms with Crippen LogP contribution in [0.2, 0.25) is 0 Å². The second-order valence-corrected chi connectivity index (χ2v) is 34.3. The molecule has 5 aliphatic rings. The lowest BCUT2D eigenvalue weighted by Gasteiger charge is -2.23. The number of rotatable bonds is 21. The fourth-order valence-electron chi connectivity index (χ4n) is 17.6. The van der Waals surface area contributed by atoms with Crippen LogP contribution in [0.5, 0.6) is 0 Å². The fourth-order valence-corrected chi connectivity index (χ4v) is 17.6. The van der Waals surface area contributed by atoms with Gasteiger partial charge in [0.1, 0.15) is 29.1 Å². The molecule has 25 heteroatoms. The van der Waals surface area contributed by atoms with Crippen molar-refractivity contribution in [1.82, 2.24) is 26.6 Å². The minimum Gasteiger partial charge on any atom is -0.452 e. The number of amides is 5. The molecule has 0 spiro atoms. The Hall–Kier alpha value is -13.3. The number of methoxy groups -OCH3 is 2. The maximum atomic E-state index is 13.9. The van der Waals surface area contributed by atoms with E-state index in [2.05, 4.69) is 26.6 Å². The third-order valence-electron chi connectivity index (χ3n) is 24.3. The topological polar surface area (TPSA) is 208 Å². The van der Waals surface area contributed by atoms with Crippen molar-refractivity contribution in [3.63, 3.8) is 0 Å². The van der Waals surface area contributed by atoms with E-state index in [9.17, 15) is 45.9 Å². The van der Waals surface area contributed by atoms with Gasteiger partial charge in [0.05, 0.1) is 33.0 Å². The van der Waals surface area contributed by atoms with Crippen LogP contribution in [-0.4, -0.2) is 163 Å². The summed E-state index contributed by atoms with van der Waals surface area (Å²) in [7, 11) is 6.10. The summed E-state index contributed by atoms with van der Waals surface area (Å²) >= 11 is 0. The first kappa shape index (κ1) is 105. The highest BCUT2D eigenvalue weighted by atomic mass is 19.1. The van der Waals surface area contributed by atoms with Crippen LogP contribution in [0.3, 0.4) is 0 Å². The van der Waals surface area contributed by atoms with Crippen LogP contribution in [0.15, 0.2) is 271 Å². The van der Waals surface area contributed by atoms with Crippen LogP contribution in [0.25, 0.3) is 27.9 Å². The van der Waals surface area contributed by atoms with Crippen LogP contribution < -0.4 is 51.1 Å². The van der Waals surface area contributed by atoms with Gasteiger partial charge in [-0.2, -0.15) is 0 Å². The Morgan fingerprint density at radius 3 is 0.696 bits per heavy atom. The van der Waals surface area contributed by atoms with Gasteiger partial charge >= 0.3 is 30.5 Å². The third-order valence-corrected chi connectivity index (χ3v) is 24.3. The maximum absolute atomic E-state index is 13.9. The Kier molecular flexibility index (Phi) is 40.7. The van der Waals surface area contributed by atoms with Gasteiger partial charge < -0.3 is 50.3 Å². The number of nitrogens with one attached hydrogen (secondary N) is 5. The molecule has 10 aromatic carbocycles. The third kappa shape index (κ3) is 29.6. The largest absolute Gasteiger partial charge is 0.452 e. The van der Waals surface area contributed by atoms with Gasteiger partial charge in [-0.25, -0.2) is 45.9 Å².